The quantitative estimate of drug-likeness (QED) is 0.489. The lowest BCUT2D eigenvalue weighted by molar-refractivity contribution is -0.141. The smallest absolute Gasteiger partial charge is 0.325 e. The zero-order valence-electron chi connectivity index (χ0n) is 19.5. The fourth-order valence-corrected chi connectivity index (χ4v) is 6.55. The topological polar surface area (TPSA) is 124 Å². The highest BCUT2D eigenvalue weighted by Crippen LogP contribution is 2.38. The van der Waals surface area contributed by atoms with Crippen molar-refractivity contribution in [2.75, 3.05) is 32.7 Å². The predicted molar refractivity (Wildman–Crippen MR) is 122 cm³/mol. The molecule has 2 aliphatic heterocycles. The van der Waals surface area contributed by atoms with Gasteiger partial charge in [-0.3, -0.25) is 19.3 Å². The summed E-state index contributed by atoms with van der Waals surface area (Å²) in [6, 6.07) is 5.35. The van der Waals surface area contributed by atoms with Crippen molar-refractivity contribution in [3.05, 3.63) is 29.8 Å². The summed E-state index contributed by atoms with van der Waals surface area (Å²) in [7, 11) is -3.82. The lowest BCUT2D eigenvalue weighted by Gasteiger charge is -2.37. The van der Waals surface area contributed by atoms with Gasteiger partial charge in [0.1, 0.15) is 12.1 Å². The zero-order valence-corrected chi connectivity index (χ0v) is 20.3. The van der Waals surface area contributed by atoms with Crippen LogP contribution in [0.25, 0.3) is 0 Å². The van der Waals surface area contributed by atoms with Crippen LogP contribution in [0, 0.1) is 5.92 Å². The first kappa shape index (κ1) is 24.3. The van der Waals surface area contributed by atoms with Gasteiger partial charge in [0.2, 0.25) is 15.9 Å². The third kappa shape index (κ3) is 4.22. The van der Waals surface area contributed by atoms with Crippen LogP contribution in [0.5, 0.6) is 0 Å². The molecule has 2 atom stereocenters. The first-order valence-corrected chi connectivity index (χ1v) is 13.0. The van der Waals surface area contributed by atoms with Crippen LogP contribution in [0.1, 0.15) is 49.9 Å². The van der Waals surface area contributed by atoms with E-state index in [1.807, 2.05) is 6.92 Å². The Morgan fingerprint density at radius 3 is 2.47 bits per heavy atom. The number of rotatable bonds is 5. The number of carbonyl (C=O) groups excluding carboxylic acids is 4. The van der Waals surface area contributed by atoms with Gasteiger partial charge < -0.3 is 10.2 Å². The largest absolute Gasteiger partial charge is 0.338 e. The number of carbonyl (C=O) groups is 4. The van der Waals surface area contributed by atoms with Crippen molar-refractivity contribution in [3.63, 3.8) is 0 Å². The maximum Gasteiger partial charge on any atom is 0.325 e. The number of amides is 4. The average molecular weight is 491 g/mol. The number of imide groups is 1. The van der Waals surface area contributed by atoms with E-state index in [2.05, 4.69) is 5.32 Å². The van der Waals surface area contributed by atoms with E-state index in [9.17, 15) is 27.6 Å². The lowest BCUT2D eigenvalue weighted by Crippen LogP contribution is -2.55. The Morgan fingerprint density at radius 2 is 1.82 bits per heavy atom. The molecule has 0 radical (unpaired) electrons. The molecule has 11 heteroatoms. The highest BCUT2D eigenvalue weighted by molar-refractivity contribution is 7.89. The van der Waals surface area contributed by atoms with Crippen LogP contribution in [-0.2, 0) is 19.6 Å². The summed E-state index contributed by atoms with van der Waals surface area (Å²) in [5.74, 6) is -0.949. The molecule has 2 saturated heterocycles. The molecule has 1 aromatic rings. The molecule has 4 amide bonds. The minimum atomic E-state index is -3.82. The number of nitrogens with zero attached hydrogens (tertiary/aromatic N) is 3. The van der Waals surface area contributed by atoms with E-state index in [1.165, 1.54) is 34.3 Å². The number of benzene rings is 1. The molecule has 2 heterocycles. The molecule has 1 aromatic carbocycles. The SMILES string of the molecule is CC(=O)c1cccc(S(=O)(=O)N2CCN(C(=O)CN3C(=O)N[C@@]4(CCCC[C@H]4C)C3=O)CC2)c1. The standard InChI is InChI=1S/C23H30N4O6S/c1-16-6-3-4-9-23(16)21(30)27(22(31)24-23)15-20(29)25-10-12-26(13-11-25)34(32,33)19-8-5-7-18(14-19)17(2)28/h5,7-8,14,16H,3-4,6,9-13,15H2,1-2H3,(H,24,31)/t16-,23-/m1/s1. The molecule has 0 bridgehead atoms. The fourth-order valence-electron chi connectivity index (χ4n) is 5.08. The number of Topliss-reactive ketones (excluding diaryl/α,β-unsaturated/α-hetero) is 1. The fraction of sp³-hybridized carbons (Fsp3) is 0.565. The van der Waals surface area contributed by atoms with Crippen molar-refractivity contribution < 1.29 is 27.6 Å². The Balaban J connectivity index is 1.38. The van der Waals surface area contributed by atoms with Crippen LogP contribution in [0.15, 0.2) is 29.2 Å². The van der Waals surface area contributed by atoms with Crippen LogP contribution in [0.2, 0.25) is 0 Å². The monoisotopic (exact) mass is 490 g/mol. The number of piperazine rings is 1. The molecule has 0 aromatic heterocycles. The molecular weight excluding hydrogens is 460 g/mol. The minimum Gasteiger partial charge on any atom is -0.338 e. The van der Waals surface area contributed by atoms with E-state index in [-0.39, 0.29) is 61.1 Å². The van der Waals surface area contributed by atoms with Gasteiger partial charge >= 0.3 is 6.03 Å². The number of hydrogen-bond donors (Lipinski definition) is 1. The molecule has 10 nitrogen and oxygen atoms in total. The van der Waals surface area contributed by atoms with Crippen LogP contribution >= 0.6 is 0 Å². The van der Waals surface area contributed by atoms with E-state index >= 15 is 0 Å². The molecule has 184 valence electrons. The van der Waals surface area contributed by atoms with E-state index in [0.717, 1.165) is 24.2 Å². The summed E-state index contributed by atoms with van der Waals surface area (Å²) in [4.78, 5) is 52.7. The van der Waals surface area contributed by atoms with Crippen molar-refractivity contribution >= 4 is 33.7 Å². The number of urea groups is 1. The lowest BCUT2D eigenvalue weighted by atomic mass is 9.73. The molecule has 34 heavy (non-hydrogen) atoms. The minimum absolute atomic E-state index is 0.00746. The Kier molecular flexibility index (Phi) is 6.52. The van der Waals surface area contributed by atoms with Gasteiger partial charge in [-0.15, -0.1) is 0 Å². The summed E-state index contributed by atoms with van der Waals surface area (Å²) in [5.41, 5.74) is -0.606. The second-order valence-corrected chi connectivity index (χ2v) is 11.2. The highest BCUT2D eigenvalue weighted by atomic mass is 32.2. The van der Waals surface area contributed by atoms with Gasteiger partial charge in [-0.05, 0) is 37.8 Å². The van der Waals surface area contributed by atoms with Gasteiger partial charge in [0.05, 0.1) is 4.90 Å². The first-order chi connectivity index (χ1) is 16.1. The van der Waals surface area contributed by atoms with Crippen molar-refractivity contribution in [2.45, 2.75) is 50.0 Å². The highest BCUT2D eigenvalue weighted by Gasteiger charge is 2.55. The van der Waals surface area contributed by atoms with Crippen LogP contribution in [0.4, 0.5) is 4.79 Å². The van der Waals surface area contributed by atoms with Crippen LogP contribution in [0.3, 0.4) is 0 Å². The summed E-state index contributed by atoms with van der Waals surface area (Å²) >= 11 is 0. The third-order valence-corrected chi connectivity index (χ3v) is 9.16. The van der Waals surface area contributed by atoms with Crippen molar-refractivity contribution in [1.82, 2.24) is 19.4 Å². The first-order valence-electron chi connectivity index (χ1n) is 11.6. The molecule has 0 unspecified atom stereocenters. The molecule has 4 rings (SSSR count). The van der Waals surface area contributed by atoms with Gasteiger partial charge in [0.15, 0.2) is 5.78 Å². The van der Waals surface area contributed by atoms with Crippen LogP contribution in [-0.4, -0.2) is 84.4 Å². The van der Waals surface area contributed by atoms with E-state index < -0.39 is 21.6 Å². The average Bonchev–Trinajstić information content (AvgIpc) is 3.06. The summed E-state index contributed by atoms with van der Waals surface area (Å²) in [5, 5.41) is 2.84. The summed E-state index contributed by atoms with van der Waals surface area (Å²) in [6.07, 6.45) is 3.28. The number of hydrogen-bond acceptors (Lipinski definition) is 6. The van der Waals surface area contributed by atoms with E-state index in [0.29, 0.717) is 12.0 Å². The summed E-state index contributed by atoms with van der Waals surface area (Å²) in [6.45, 7) is 3.43. The maximum absolute atomic E-state index is 13.1. The van der Waals surface area contributed by atoms with Gasteiger partial charge in [-0.25, -0.2) is 13.2 Å². The van der Waals surface area contributed by atoms with E-state index in [1.54, 1.807) is 6.07 Å². The number of nitrogens with one attached hydrogen (secondary N) is 1. The van der Waals surface area contributed by atoms with Crippen molar-refractivity contribution in [2.24, 2.45) is 5.92 Å². The summed E-state index contributed by atoms with van der Waals surface area (Å²) < 4.78 is 27.3. The Labute approximate surface area is 199 Å². The van der Waals surface area contributed by atoms with Crippen molar-refractivity contribution in [1.29, 1.82) is 0 Å². The normalized spacial score (nSPS) is 26.1. The van der Waals surface area contributed by atoms with Crippen LogP contribution < -0.4 is 5.32 Å². The third-order valence-electron chi connectivity index (χ3n) is 7.26. The zero-order chi connectivity index (χ0) is 24.7. The van der Waals surface area contributed by atoms with Gasteiger partial charge in [-0.1, -0.05) is 31.9 Å². The molecule has 1 N–H and O–H groups in total. The molecule has 1 spiro atoms. The molecule has 3 aliphatic rings. The number of ketones is 1. The molecule has 1 saturated carbocycles. The molecular formula is C23H30N4O6S. The second-order valence-electron chi connectivity index (χ2n) is 9.31. The Morgan fingerprint density at radius 1 is 1.12 bits per heavy atom. The molecule has 1 aliphatic carbocycles. The van der Waals surface area contributed by atoms with Crippen molar-refractivity contribution in [3.8, 4) is 0 Å². The molecule has 3 fully saturated rings. The second kappa shape index (κ2) is 9.10. The Bertz CT molecular complexity index is 1130. The predicted octanol–water partition coefficient (Wildman–Crippen LogP) is 1.22. The van der Waals surface area contributed by atoms with Gasteiger partial charge in [0, 0.05) is 31.7 Å². The van der Waals surface area contributed by atoms with E-state index in [4.69, 9.17) is 0 Å². The Hall–Kier alpha value is -2.79. The number of sulfonamides is 1. The van der Waals surface area contributed by atoms with Gasteiger partial charge in [-0.2, -0.15) is 4.31 Å². The maximum atomic E-state index is 13.1. The van der Waals surface area contributed by atoms with Gasteiger partial charge in [0.25, 0.3) is 5.91 Å².